The average molecular weight is 278 g/mol. The van der Waals surface area contributed by atoms with Gasteiger partial charge < -0.3 is 9.84 Å². The number of benzene rings is 1. The fourth-order valence-corrected chi connectivity index (χ4v) is 2.53. The number of ether oxygens (including phenoxy) is 1. The summed E-state index contributed by atoms with van der Waals surface area (Å²) in [6, 6.07) is 4.53. The SMILES string of the molecule is O=C(O)/C=C/c1cccc(F)c1OCC1CCCCC1. The molecule has 0 spiro atoms. The van der Waals surface area contributed by atoms with Gasteiger partial charge in [-0.05, 0) is 30.9 Å². The number of halogens is 1. The molecular formula is C16H19FO3. The second-order valence-corrected chi connectivity index (χ2v) is 5.14. The van der Waals surface area contributed by atoms with Crippen molar-refractivity contribution in [3.63, 3.8) is 0 Å². The number of hydrogen-bond donors (Lipinski definition) is 1. The topological polar surface area (TPSA) is 46.5 Å². The standard InChI is InChI=1S/C16H19FO3/c17-14-8-4-7-13(9-10-15(18)19)16(14)20-11-12-5-2-1-3-6-12/h4,7-10,12H,1-3,5-6,11H2,(H,18,19)/b10-9+. The summed E-state index contributed by atoms with van der Waals surface area (Å²) in [5, 5.41) is 8.65. The largest absolute Gasteiger partial charge is 0.490 e. The Morgan fingerprint density at radius 3 is 2.80 bits per heavy atom. The molecule has 0 atom stereocenters. The van der Waals surface area contributed by atoms with Gasteiger partial charge in [-0.25, -0.2) is 9.18 Å². The van der Waals surface area contributed by atoms with Crippen molar-refractivity contribution in [2.45, 2.75) is 32.1 Å². The van der Waals surface area contributed by atoms with Crippen LogP contribution in [0.25, 0.3) is 6.08 Å². The van der Waals surface area contributed by atoms with Gasteiger partial charge in [-0.1, -0.05) is 31.4 Å². The molecule has 0 saturated heterocycles. The molecule has 4 heteroatoms. The highest BCUT2D eigenvalue weighted by Crippen LogP contribution is 2.28. The molecule has 0 aliphatic heterocycles. The smallest absolute Gasteiger partial charge is 0.328 e. The van der Waals surface area contributed by atoms with E-state index in [1.54, 1.807) is 12.1 Å². The molecule has 1 N–H and O–H groups in total. The van der Waals surface area contributed by atoms with Crippen molar-refractivity contribution in [3.8, 4) is 5.75 Å². The lowest BCUT2D eigenvalue weighted by atomic mass is 9.90. The van der Waals surface area contributed by atoms with Crippen LogP contribution >= 0.6 is 0 Å². The summed E-state index contributed by atoms with van der Waals surface area (Å²) in [6.45, 7) is 0.495. The molecule has 108 valence electrons. The van der Waals surface area contributed by atoms with Gasteiger partial charge in [-0.15, -0.1) is 0 Å². The third kappa shape index (κ3) is 4.08. The van der Waals surface area contributed by atoms with Crippen molar-refractivity contribution < 1.29 is 19.0 Å². The molecule has 0 bridgehead atoms. The van der Waals surface area contributed by atoms with Gasteiger partial charge in [0, 0.05) is 11.6 Å². The summed E-state index contributed by atoms with van der Waals surface area (Å²) in [4.78, 5) is 10.6. The van der Waals surface area contributed by atoms with Gasteiger partial charge in [0.2, 0.25) is 0 Å². The van der Waals surface area contributed by atoms with Gasteiger partial charge in [-0.3, -0.25) is 0 Å². The summed E-state index contributed by atoms with van der Waals surface area (Å²) < 4.78 is 19.4. The molecular weight excluding hydrogens is 259 g/mol. The molecule has 1 aromatic rings. The predicted octanol–water partition coefficient (Wildman–Crippen LogP) is 3.88. The van der Waals surface area contributed by atoms with Crippen LogP contribution in [0, 0.1) is 11.7 Å². The van der Waals surface area contributed by atoms with Crippen LogP contribution in [0.5, 0.6) is 5.75 Å². The molecule has 1 saturated carbocycles. The van der Waals surface area contributed by atoms with Crippen molar-refractivity contribution >= 4 is 12.0 Å². The Kier molecular flexibility index (Phi) is 5.16. The minimum atomic E-state index is -1.06. The average Bonchev–Trinajstić information content (AvgIpc) is 2.45. The molecule has 3 nitrogen and oxygen atoms in total. The molecule has 0 radical (unpaired) electrons. The zero-order chi connectivity index (χ0) is 14.4. The van der Waals surface area contributed by atoms with Crippen LogP contribution in [-0.2, 0) is 4.79 Å². The summed E-state index contributed by atoms with van der Waals surface area (Å²) >= 11 is 0. The molecule has 1 aromatic carbocycles. The van der Waals surface area contributed by atoms with E-state index in [4.69, 9.17) is 9.84 Å². The first-order chi connectivity index (χ1) is 9.66. The van der Waals surface area contributed by atoms with E-state index in [-0.39, 0.29) is 5.75 Å². The Balaban J connectivity index is 2.06. The minimum absolute atomic E-state index is 0.149. The van der Waals surface area contributed by atoms with Crippen molar-refractivity contribution in [2.24, 2.45) is 5.92 Å². The first-order valence-electron chi connectivity index (χ1n) is 6.99. The van der Waals surface area contributed by atoms with E-state index in [1.807, 2.05) is 0 Å². The Bertz CT molecular complexity index is 490. The molecule has 0 heterocycles. The van der Waals surface area contributed by atoms with Gasteiger partial charge >= 0.3 is 5.97 Å². The van der Waals surface area contributed by atoms with E-state index < -0.39 is 11.8 Å². The highest BCUT2D eigenvalue weighted by Gasteiger charge is 2.16. The van der Waals surface area contributed by atoms with Crippen LogP contribution in [0.2, 0.25) is 0 Å². The Labute approximate surface area is 118 Å². The van der Waals surface area contributed by atoms with E-state index in [9.17, 15) is 9.18 Å². The van der Waals surface area contributed by atoms with Gasteiger partial charge in [0.1, 0.15) is 0 Å². The lowest BCUT2D eigenvalue weighted by Gasteiger charge is -2.22. The molecule has 2 rings (SSSR count). The number of carboxylic acid groups (broad SMARTS) is 1. The van der Waals surface area contributed by atoms with Crippen molar-refractivity contribution in [3.05, 3.63) is 35.7 Å². The van der Waals surface area contributed by atoms with Gasteiger partial charge in [-0.2, -0.15) is 0 Å². The third-order valence-electron chi connectivity index (χ3n) is 3.59. The molecule has 1 fully saturated rings. The minimum Gasteiger partial charge on any atom is -0.490 e. The summed E-state index contributed by atoms with van der Waals surface area (Å²) in [5.74, 6) is -0.893. The second kappa shape index (κ2) is 7.08. The quantitative estimate of drug-likeness (QED) is 0.831. The molecule has 0 amide bonds. The molecule has 0 unspecified atom stereocenters. The molecule has 0 aromatic heterocycles. The lowest BCUT2D eigenvalue weighted by Crippen LogP contribution is -2.16. The molecule has 1 aliphatic carbocycles. The van der Waals surface area contributed by atoms with Crippen LogP contribution in [0.15, 0.2) is 24.3 Å². The molecule has 1 aliphatic rings. The lowest BCUT2D eigenvalue weighted by molar-refractivity contribution is -0.131. The van der Waals surface area contributed by atoms with E-state index in [0.717, 1.165) is 18.9 Å². The highest BCUT2D eigenvalue weighted by atomic mass is 19.1. The van der Waals surface area contributed by atoms with Crippen molar-refractivity contribution in [1.82, 2.24) is 0 Å². The van der Waals surface area contributed by atoms with Gasteiger partial charge in [0.05, 0.1) is 6.61 Å². The van der Waals surface area contributed by atoms with Crippen LogP contribution in [0.1, 0.15) is 37.7 Å². The fourth-order valence-electron chi connectivity index (χ4n) is 2.53. The highest BCUT2D eigenvalue weighted by molar-refractivity contribution is 5.85. The van der Waals surface area contributed by atoms with Crippen LogP contribution in [0.4, 0.5) is 4.39 Å². The van der Waals surface area contributed by atoms with E-state index >= 15 is 0 Å². The Hall–Kier alpha value is -1.84. The number of para-hydroxylation sites is 1. The zero-order valence-corrected chi connectivity index (χ0v) is 11.3. The second-order valence-electron chi connectivity index (χ2n) is 5.14. The van der Waals surface area contributed by atoms with Crippen molar-refractivity contribution in [2.75, 3.05) is 6.61 Å². The third-order valence-corrected chi connectivity index (χ3v) is 3.59. The Morgan fingerprint density at radius 1 is 1.35 bits per heavy atom. The fraction of sp³-hybridized carbons (Fsp3) is 0.438. The normalized spacial score (nSPS) is 16.4. The summed E-state index contributed by atoms with van der Waals surface area (Å²) in [5.41, 5.74) is 0.461. The van der Waals surface area contributed by atoms with E-state index in [0.29, 0.717) is 18.1 Å². The van der Waals surface area contributed by atoms with Crippen molar-refractivity contribution in [1.29, 1.82) is 0 Å². The predicted molar refractivity (Wildman–Crippen MR) is 75.1 cm³/mol. The number of hydrogen-bond acceptors (Lipinski definition) is 2. The first-order valence-corrected chi connectivity index (χ1v) is 6.99. The first kappa shape index (κ1) is 14.6. The Morgan fingerprint density at radius 2 is 2.10 bits per heavy atom. The maximum atomic E-state index is 13.8. The zero-order valence-electron chi connectivity index (χ0n) is 11.3. The van der Waals surface area contributed by atoms with Gasteiger partial charge in [0.15, 0.2) is 11.6 Å². The van der Waals surface area contributed by atoms with E-state index in [2.05, 4.69) is 0 Å². The van der Waals surface area contributed by atoms with Crippen LogP contribution in [-0.4, -0.2) is 17.7 Å². The van der Waals surface area contributed by atoms with Crippen LogP contribution < -0.4 is 4.74 Å². The maximum absolute atomic E-state index is 13.8. The number of rotatable bonds is 5. The summed E-state index contributed by atoms with van der Waals surface area (Å²) in [6.07, 6.45) is 8.27. The maximum Gasteiger partial charge on any atom is 0.328 e. The monoisotopic (exact) mass is 278 g/mol. The van der Waals surface area contributed by atoms with Gasteiger partial charge in [0.25, 0.3) is 0 Å². The number of carbonyl (C=O) groups is 1. The summed E-state index contributed by atoms with van der Waals surface area (Å²) in [7, 11) is 0. The number of aliphatic carboxylic acids is 1. The van der Waals surface area contributed by atoms with E-state index in [1.165, 1.54) is 31.4 Å². The number of carboxylic acids is 1. The van der Waals surface area contributed by atoms with Crippen LogP contribution in [0.3, 0.4) is 0 Å². The molecule has 20 heavy (non-hydrogen) atoms.